The van der Waals surface area contributed by atoms with Gasteiger partial charge in [-0.05, 0) is 12.1 Å². The zero-order chi connectivity index (χ0) is 13.1. The minimum Gasteiger partial charge on any atom is -1.00 e. The van der Waals surface area contributed by atoms with Crippen LogP contribution in [0, 0.1) is 10.1 Å². The summed E-state index contributed by atoms with van der Waals surface area (Å²) in [6.45, 7) is 0.529. The Kier molecular flexibility index (Phi) is 5.93. The zero-order valence-corrected chi connectivity index (χ0v) is 11.8. The van der Waals surface area contributed by atoms with E-state index in [4.69, 9.17) is 5.11 Å². The van der Waals surface area contributed by atoms with Crippen LogP contribution in [-0.2, 0) is 11.3 Å². The number of hydrogen-bond acceptors (Lipinski definition) is 3. The molecule has 0 saturated heterocycles. The number of non-ortho nitro benzene ring substituents is 1. The number of carboxylic acid groups (broad SMARTS) is 1. The first kappa shape index (κ1) is 16.5. The molecule has 0 radical (unpaired) electrons. The van der Waals surface area contributed by atoms with Crippen LogP contribution in [0.5, 0.6) is 0 Å². The van der Waals surface area contributed by atoms with E-state index in [0.29, 0.717) is 11.0 Å². The molecule has 0 unspecified atom stereocenters. The number of quaternary nitrogens is 1. The van der Waals surface area contributed by atoms with Gasteiger partial charge < -0.3 is 26.6 Å². The quantitative estimate of drug-likeness (QED) is 0.397. The lowest BCUT2D eigenvalue weighted by molar-refractivity contribution is -0.896. The van der Waals surface area contributed by atoms with Crippen molar-refractivity contribution in [2.75, 3.05) is 20.6 Å². The number of likely N-dealkylation sites (N-methyl/N-ethyl adjacent to an activating group) is 1. The molecule has 1 N–H and O–H groups in total. The molecule has 0 aromatic heterocycles. The molecule has 0 aliphatic carbocycles. The van der Waals surface area contributed by atoms with E-state index in [9.17, 15) is 14.9 Å². The molecule has 0 aliphatic heterocycles. The SMILES string of the molecule is C[N+](C)(CC(=O)O)Cc1ccc([N+](=O)[O-])cc1.[Br-]. The highest BCUT2D eigenvalue weighted by Crippen LogP contribution is 2.15. The summed E-state index contributed by atoms with van der Waals surface area (Å²) in [6.07, 6.45) is 0. The van der Waals surface area contributed by atoms with E-state index in [1.165, 1.54) is 12.1 Å². The second kappa shape index (κ2) is 6.46. The summed E-state index contributed by atoms with van der Waals surface area (Å²) in [7, 11) is 3.60. The summed E-state index contributed by atoms with van der Waals surface area (Å²) in [5, 5.41) is 19.2. The number of carboxylic acids is 1. The fourth-order valence-electron chi connectivity index (χ4n) is 1.64. The third-order valence-electron chi connectivity index (χ3n) is 2.32. The summed E-state index contributed by atoms with van der Waals surface area (Å²) < 4.78 is 0.299. The molecule has 0 saturated carbocycles. The number of nitrogens with zero attached hydrogens (tertiary/aromatic N) is 2. The fourth-order valence-corrected chi connectivity index (χ4v) is 1.64. The summed E-state index contributed by atoms with van der Waals surface area (Å²) in [6, 6.07) is 6.16. The average Bonchev–Trinajstić information content (AvgIpc) is 2.15. The molecule has 0 amide bonds. The lowest BCUT2D eigenvalue weighted by Crippen LogP contribution is -3.00. The van der Waals surface area contributed by atoms with Gasteiger partial charge in [-0.15, -0.1) is 0 Å². The second-order valence-electron chi connectivity index (χ2n) is 4.57. The average molecular weight is 319 g/mol. The van der Waals surface area contributed by atoms with Crippen molar-refractivity contribution in [1.82, 2.24) is 0 Å². The first-order valence-corrected chi connectivity index (χ1v) is 5.07. The Bertz CT molecular complexity index is 431. The van der Waals surface area contributed by atoms with Gasteiger partial charge in [0.1, 0.15) is 6.54 Å². The molecule has 0 bridgehead atoms. The number of rotatable bonds is 5. The normalized spacial score (nSPS) is 10.6. The van der Waals surface area contributed by atoms with E-state index in [2.05, 4.69) is 0 Å². The summed E-state index contributed by atoms with van der Waals surface area (Å²) >= 11 is 0. The van der Waals surface area contributed by atoms with Gasteiger partial charge in [0.2, 0.25) is 0 Å². The van der Waals surface area contributed by atoms with Crippen LogP contribution in [0.4, 0.5) is 5.69 Å². The highest BCUT2D eigenvalue weighted by molar-refractivity contribution is 5.67. The Morgan fingerprint density at radius 1 is 1.33 bits per heavy atom. The zero-order valence-electron chi connectivity index (χ0n) is 10.2. The molecule has 0 heterocycles. The highest BCUT2D eigenvalue weighted by Gasteiger charge is 2.20. The van der Waals surface area contributed by atoms with Crippen LogP contribution in [0.1, 0.15) is 5.56 Å². The van der Waals surface area contributed by atoms with E-state index < -0.39 is 10.9 Å². The minimum atomic E-state index is -0.864. The van der Waals surface area contributed by atoms with Gasteiger partial charge in [0, 0.05) is 17.7 Å². The molecule has 100 valence electrons. The van der Waals surface area contributed by atoms with Crippen LogP contribution in [0.2, 0.25) is 0 Å². The third kappa shape index (κ3) is 5.24. The maximum Gasteiger partial charge on any atom is 0.359 e. The van der Waals surface area contributed by atoms with Gasteiger partial charge in [-0.1, -0.05) is 0 Å². The van der Waals surface area contributed by atoms with Gasteiger partial charge >= 0.3 is 5.97 Å². The van der Waals surface area contributed by atoms with Gasteiger partial charge in [0.25, 0.3) is 5.69 Å². The Balaban J connectivity index is 0.00000289. The van der Waals surface area contributed by atoms with Gasteiger partial charge in [0.05, 0.1) is 19.0 Å². The van der Waals surface area contributed by atoms with Crippen molar-refractivity contribution >= 4 is 11.7 Å². The Labute approximate surface area is 115 Å². The maximum absolute atomic E-state index is 10.6. The van der Waals surface area contributed by atoms with E-state index in [-0.39, 0.29) is 29.2 Å². The fraction of sp³-hybridized carbons (Fsp3) is 0.364. The molecule has 1 aromatic rings. The highest BCUT2D eigenvalue weighted by atomic mass is 79.9. The number of aliphatic carboxylic acids is 1. The predicted molar refractivity (Wildman–Crippen MR) is 61.4 cm³/mol. The number of nitro benzene ring substituents is 1. The molecular formula is C11H15BrN2O4. The molecular weight excluding hydrogens is 304 g/mol. The Hall–Kier alpha value is -1.47. The van der Waals surface area contributed by atoms with Crippen molar-refractivity contribution in [2.45, 2.75) is 6.54 Å². The maximum atomic E-state index is 10.6. The minimum absolute atomic E-state index is 0. The van der Waals surface area contributed by atoms with Crippen LogP contribution in [-0.4, -0.2) is 41.1 Å². The predicted octanol–water partition coefficient (Wildman–Crippen LogP) is -1.74. The molecule has 7 heteroatoms. The Morgan fingerprint density at radius 3 is 2.22 bits per heavy atom. The molecule has 6 nitrogen and oxygen atoms in total. The Morgan fingerprint density at radius 2 is 1.83 bits per heavy atom. The molecule has 1 aromatic carbocycles. The van der Waals surface area contributed by atoms with Crippen molar-refractivity contribution in [1.29, 1.82) is 0 Å². The largest absolute Gasteiger partial charge is 1.00 e. The summed E-state index contributed by atoms with van der Waals surface area (Å²) in [4.78, 5) is 20.7. The van der Waals surface area contributed by atoms with Crippen molar-refractivity contribution in [3.63, 3.8) is 0 Å². The number of nitro groups is 1. The number of hydrogen-bond donors (Lipinski definition) is 1. The number of benzene rings is 1. The van der Waals surface area contributed by atoms with Gasteiger partial charge in [-0.3, -0.25) is 10.1 Å². The molecule has 1 rings (SSSR count). The van der Waals surface area contributed by atoms with E-state index in [1.54, 1.807) is 26.2 Å². The molecule has 18 heavy (non-hydrogen) atoms. The van der Waals surface area contributed by atoms with E-state index >= 15 is 0 Å². The van der Waals surface area contributed by atoms with Crippen LogP contribution in [0.3, 0.4) is 0 Å². The summed E-state index contributed by atoms with van der Waals surface area (Å²) in [5.41, 5.74) is 0.916. The van der Waals surface area contributed by atoms with Gasteiger partial charge in [-0.2, -0.15) is 0 Å². The van der Waals surface area contributed by atoms with Crippen molar-refractivity contribution in [3.8, 4) is 0 Å². The number of halogens is 1. The lowest BCUT2D eigenvalue weighted by atomic mass is 10.2. The van der Waals surface area contributed by atoms with Crippen LogP contribution in [0.15, 0.2) is 24.3 Å². The van der Waals surface area contributed by atoms with Crippen LogP contribution < -0.4 is 17.0 Å². The smallest absolute Gasteiger partial charge is 0.359 e. The topological polar surface area (TPSA) is 80.4 Å². The lowest BCUT2D eigenvalue weighted by Gasteiger charge is -2.27. The van der Waals surface area contributed by atoms with Crippen molar-refractivity contribution < 1.29 is 36.3 Å². The van der Waals surface area contributed by atoms with E-state index in [1.807, 2.05) is 0 Å². The standard InChI is InChI=1S/C11H14N2O4.BrH/c1-13(2,8-11(14)15)7-9-3-5-10(6-4-9)12(16)17;/h3-6H,7-8H2,1-2H3;1H. The van der Waals surface area contributed by atoms with Gasteiger partial charge in [-0.25, -0.2) is 4.79 Å². The van der Waals surface area contributed by atoms with Crippen molar-refractivity contribution in [3.05, 3.63) is 39.9 Å². The monoisotopic (exact) mass is 318 g/mol. The van der Waals surface area contributed by atoms with Crippen LogP contribution >= 0.6 is 0 Å². The van der Waals surface area contributed by atoms with Crippen LogP contribution in [0.25, 0.3) is 0 Å². The molecule has 0 atom stereocenters. The van der Waals surface area contributed by atoms with Crippen molar-refractivity contribution in [2.24, 2.45) is 0 Å². The number of carbonyl (C=O) groups is 1. The third-order valence-corrected chi connectivity index (χ3v) is 2.32. The molecule has 0 aliphatic rings. The molecule has 0 fully saturated rings. The van der Waals surface area contributed by atoms with Gasteiger partial charge in [0.15, 0.2) is 6.54 Å². The summed E-state index contributed by atoms with van der Waals surface area (Å²) in [5.74, 6) is -0.864. The first-order chi connectivity index (χ1) is 7.80. The van der Waals surface area contributed by atoms with E-state index in [0.717, 1.165) is 5.56 Å². The first-order valence-electron chi connectivity index (χ1n) is 5.07. The second-order valence-corrected chi connectivity index (χ2v) is 4.57. The molecule has 0 spiro atoms.